The number of aryl methyl sites for hydroxylation is 1. The molecule has 1 aliphatic rings. The molecular weight excluding hydrogens is 452 g/mol. The lowest BCUT2D eigenvalue weighted by molar-refractivity contribution is 0.0568. The van der Waals surface area contributed by atoms with Gasteiger partial charge in [-0.1, -0.05) is 42.0 Å². The summed E-state index contributed by atoms with van der Waals surface area (Å²) in [4.78, 5) is 2.38. The predicted octanol–water partition coefficient (Wildman–Crippen LogP) is 3.53. The number of benzene rings is 3. The molecule has 0 aromatic heterocycles. The number of ether oxygens (including phenoxy) is 2. The summed E-state index contributed by atoms with van der Waals surface area (Å²) in [6.45, 7) is 4.38. The first-order chi connectivity index (χ1) is 16.4. The van der Waals surface area contributed by atoms with E-state index in [0.29, 0.717) is 49.1 Å². The van der Waals surface area contributed by atoms with Gasteiger partial charge >= 0.3 is 0 Å². The molecule has 1 atom stereocenters. The summed E-state index contributed by atoms with van der Waals surface area (Å²) in [5, 5.41) is 10.5. The summed E-state index contributed by atoms with van der Waals surface area (Å²) in [5.74, 6) is 2.01. The van der Waals surface area contributed by atoms with Gasteiger partial charge in [0.15, 0.2) is 0 Å². The summed E-state index contributed by atoms with van der Waals surface area (Å²) in [5.41, 5.74) is 1.02. The van der Waals surface area contributed by atoms with Crippen molar-refractivity contribution in [3.05, 3.63) is 84.4 Å². The van der Waals surface area contributed by atoms with Crippen LogP contribution >= 0.6 is 0 Å². The number of piperazine rings is 1. The number of aliphatic hydroxyl groups excluding tert-OH is 1. The van der Waals surface area contributed by atoms with Gasteiger partial charge in [0.25, 0.3) is 0 Å². The van der Waals surface area contributed by atoms with Gasteiger partial charge in [-0.2, -0.15) is 4.31 Å². The molecular formula is C26H30N2O5S. The topological polar surface area (TPSA) is 79.3 Å². The Bertz CT molecular complexity index is 1160. The molecule has 0 bridgehead atoms. The van der Waals surface area contributed by atoms with Gasteiger partial charge in [-0.15, -0.1) is 0 Å². The van der Waals surface area contributed by atoms with Crippen molar-refractivity contribution in [2.45, 2.75) is 17.9 Å². The third kappa shape index (κ3) is 6.36. The monoisotopic (exact) mass is 482 g/mol. The number of β-amino-alcohol motifs (C(OH)–C–C–N with tert-alkyl or cyclic N) is 1. The highest BCUT2D eigenvalue weighted by Gasteiger charge is 2.29. The smallest absolute Gasteiger partial charge is 0.243 e. The largest absolute Gasteiger partial charge is 0.491 e. The number of hydrogen-bond donors (Lipinski definition) is 1. The van der Waals surface area contributed by atoms with Gasteiger partial charge in [0, 0.05) is 38.8 Å². The average Bonchev–Trinajstić information content (AvgIpc) is 2.84. The van der Waals surface area contributed by atoms with Crippen LogP contribution in [0.5, 0.6) is 17.2 Å². The van der Waals surface area contributed by atoms with Crippen LogP contribution in [-0.4, -0.2) is 68.2 Å². The summed E-state index contributed by atoms with van der Waals surface area (Å²) < 4.78 is 38.8. The van der Waals surface area contributed by atoms with Crippen molar-refractivity contribution in [2.75, 3.05) is 39.3 Å². The second kappa shape index (κ2) is 11.0. The third-order valence-corrected chi connectivity index (χ3v) is 7.60. The molecule has 180 valence electrons. The minimum absolute atomic E-state index is 0.136. The van der Waals surface area contributed by atoms with E-state index in [1.54, 1.807) is 18.2 Å². The average molecular weight is 483 g/mol. The highest BCUT2D eigenvalue weighted by Crippen LogP contribution is 2.25. The zero-order valence-corrected chi connectivity index (χ0v) is 20.0. The molecule has 0 amide bonds. The second-order valence-electron chi connectivity index (χ2n) is 8.37. The van der Waals surface area contributed by atoms with Crippen LogP contribution in [0.4, 0.5) is 0 Å². The molecule has 1 heterocycles. The van der Waals surface area contributed by atoms with Gasteiger partial charge in [-0.05, 0) is 43.3 Å². The standard InChI is InChI=1S/C26H30N2O5S/c1-21-10-12-26(13-11-21)34(30,31)28-16-14-27(15-17-28)19-22(29)20-32-24-8-5-9-25(18-24)33-23-6-3-2-4-7-23/h2-13,18,22,29H,14-17,19-20H2,1H3. The van der Waals surface area contributed by atoms with Gasteiger partial charge in [-0.25, -0.2) is 8.42 Å². The van der Waals surface area contributed by atoms with Gasteiger partial charge in [0.1, 0.15) is 30.0 Å². The molecule has 4 rings (SSSR count). The number of nitrogens with zero attached hydrogens (tertiary/aromatic N) is 2. The maximum atomic E-state index is 12.9. The molecule has 3 aromatic carbocycles. The second-order valence-corrected chi connectivity index (χ2v) is 10.3. The van der Waals surface area contributed by atoms with Gasteiger partial charge in [-0.3, -0.25) is 4.90 Å². The van der Waals surface area contributed by atoms with E-state index in [2.05, 4.69) is 4.90 Å². The van der Waals surface area contributed by atoms with E-state index in [1.165, 1.54) is 4.31 Å². The normalized spacial score (nSPS) is 16.2. The SMILES string of the molecule is Cc1ccc(S(=O)(=O)N2CCN(CC(O)COc3cccc(Oc4ccccc4)c3)CC2)cc1. The summed E-state index contributed by atoms with van der Waals surface area (Å²) in [7, 11) is -3.50. The Balaban J connectivity index is 1.23. The molecule has 34 heavy (non-hydrogen) atoms. The van der Waals surface area contributed by atoms with E-state index >= 15 is 0 Å². The fourth-order valence-corrected chi connectivity index (χ4v) is 5.23. The number of sulfonamides is 1. The molecule has 0 saturated carbocycles. The Morgan fingerprint density at radius 1 is 0.853 bits per heavy atom. The molecule has 1 N–H and O–H groups in total. The molecule has 7 nitrogen and oxygen atoms in total. The lowest BCUT2D eigenvalue weighted by Gasteiger charge is -2.34. The molecule has 0 spiro atoms. The van der Waals surface area contributed by atoms with E-state index in [-0.39, 0.29) is 6.61 Å². The van der Waals surface area contributed by atoms with Crippen LogP contribution in [0.15, 0.2) is 83.8 Å². The molecule has 8 heteroatoms. The van der Waals surface area contributed by atoms with Crippen LogP contribution < -0.4 is 9.47 Å². The quantitative estimate of drug-likeness (QED) is 0.503. The van der Waals surface area contributed by atoms with Crippen LogP contribution in [0.3, 0.4) is 0 Å². The van der Waals surface area contributed by atoms with Crippen molar-refractivity contribution in [3.8, 4) is 17.2 Å². The van der Waals surface area contributed by atoms with Crippen molar-refractivity contribution in [2.24, 2.45) is 0 Å². The lowest BCUT2D eigenvalue weighted by Crippen LogP contribution is -2.50. The zero-order chi connectivity index (χ0) is 24.0. The number of aliphatic hydroxyl groups is 1. The predicted molar refractivity (Wildman–Crippen MR) is 131 cm³/mol. The lowest BCUT2D eigenvalue weighted by atomic mass is 10.2. The molecule has 3 aromatic rings. The Morgan fingerprint density at radius 2 is 1.50 bits per heavy atom. The Morgan fingerprint density at radius 3 is 2.21 bits per heavy atom. The van der Waals surface area contributed by atoms with Gasteiger partial charge < -0.3 is 14.6 Å². The maximum absolute atomic E-state index is 12.9. The van der Waals surface area contributed by atoms with Gasteiger partial charge in [0.05, 0.1) is 4.90 Å². The summed E-state index contributed by atoms with van der Waals surface area (Å²) in [6, 6.07) is 23.7. The van der Waals surface area contributed by atoms with Crippen LogP contribution in [-0.2, 0) is 10.0 Å². The van der Waals surface area contributed by atoms with Crippen LogP contribution in [0.25, 0.3) is 0 Å². The third-order valence-electron chi connectivity index (χ3n) is 5.69. The zero-order valence-electron chi connectivity index (χ0n) is 19.2. The maximum Gasteiger partial charge on any atom is 0.243 e. The van der Waals surface area contributed by atoms with E-state index in [0.717, 1.165) is 11.3 Å². The number of para-hydroxylation sites is 1. The summed E-state index contributed by atoms with van der Waals surface area (Å²) >= 11 is 0. The first kappa shape index (κ1) is 24.2. The molecule has 1 saturated heterocycles. The molecule has 1 unspecified atom stereocenters. The van der Waals surface area contributed by atoms with Crippen LogP contribution in [0.2, 0.25) is 0 Å². The van der Waals surface area contributed by atoms with Crippen molar-refractivity contribution in [1.29, 1.82) is 0 Å². The first-order valence-electron chi connectivity index (χ1n) is 11.3. The fraction of sp³-hybridized carbons (Fsp3) is 0.308. The van der Waals surface area contributed by atoms with Crippen molar-refractivity contribution < 1.29 is 23.0 Å². The Hall–Kier alpha value is -2.91. The number of hydrogen-bond acceptors (Lipinski definition) is 6. The van der Waals surface area contributed by atoms with Gasteiger partial charge in [0.2, 0.25) is 10.0 Å². The van der Waals surface area contributed by atoms with Crippen LogP contribution in [0, 0.1) is 6.92 Å². The fourth-order valence-electron chi connectivity index (χ4n) is 3.81. The minimum atomic E-state index is -3.50. The molecule has 0 aliphatic carbocycles. The minimum Gasteiger partial charge on any atom is -0.491 e. The molecule has 1 aliphatic heterocycles. The molecule has 1 fully saturated rings. The van der Waals surface area contributed by atoms with E-state index in [9.17, 15) is 13.5 Å². The highest BCUT2D eigenvalue weighted by atomic mass is 32.2. The van der Waals surface area contributed by atoms with E-state index < -0.39 is 16.1 Å². The molecule has 0 radical (unpaired) electrons. The van der Waals surface area contributed by atoms with Crippen molar-refractivity contribution in [1.82, 2.24) is 9.21 Å². The highest BCUT2D eigenvalue weighted by molar-refractivity contribution is 7.89. The van der Waals surface area contributed by atoms with Crippen LogP contribution in [0.1, 0.15) is 5.56 Å². The Kier molecular flexibility index (Phi) is 7.84. The van der Waals surface area contributed by atoms with E-state index in [4.69, 9.17) is 9.47 Å². The Labute approximate surface area is 201 Å². The van der Waals surface area contributed by atoms with Crippen molar-refractivity contribution >= 4 is 10.0 Å². The van der Waals surface area contributed by atoms with E-state index in [1.807, 2.05) is 67.6 Å². The van der Waals surface area contributed by atoms with Crippen molar-refractivity contribution in [3.63, 3.8) is 0 Å². The first-order valence-corrected chi connectivity index (χ1v) is 12.8. The number of rotatable bonds is 9. The summed E-state index contributed by atoms with van der Waals surface area (Å²) in [6.07, 6.45) is -0.695.